The number of rotatable bonds is 2. The molecule has 1 unspecified atom stereocenters. The Morgan fingerprint density at radius 3 is 2.73 bits per heavy atom. The van der Waals surface area contributed by atoms with Gasteiger partial charge in [0.2, 0.25) is 0 Å². The summed E-state index contributed by atoms with van der Waals surface area (Å²) in [4.78, 5) is 0. The van der Waals surface area contributed by atoms with E-state index < -0.39 is 11.5 Å². The molecule has 4 nitrogen and oxygen atoms in total. The van der Waals surface area contributed by atoms with Crippen molar-refractivity contribution in [2.75, 3.05) is 13.2 Å². The van der Waals surface area contributed by atoms with Crippen molar-refractivity contribution >= 4 is 0 Å². The lowest BCUT2D eigenvalue weighted by Crippen LogP contribution is -2.34. The first-order chi connectivity index (χ1) is 7.28. The fraction of sp³-hybridized carbons (Fsp3) is 0.545. The zero-order chi connectivity index (χ0) is 10.7. The quantitative estimate of drug-likeness (QED) is 0.800. The van der Waals surface area contributed by atoms with Crippen LogP contribution >= 0.6 is 0 Å². The second-order valence-electron chi connectivity index (χ2n) is 3.80. The van der Waals surface area contributed by atoms with Gasteiger partial charge in [0.1, 0.15) is 11.9 Å². The summed E-state index contributed by atoms with van der Waals surface area (Å²) in [5, 5.41) is 19.3. The third-order valence-electron chi connectivity index (χ3n) is 2.94. The maximum absolute atomic E-state index is 10.1. The third-order valence-corrected chi connectivity index (χ3v) is 2.94. The number of aliphatic hydroxyl groups is 1. The summed E-state index contributed by atoms with van der Waals surface area (Å²) in [7, 11) is 0. The number of nitriles is 1. The molecule has 0 spiro atoms. The van der Waals surface area contributed by atoms with E-state index in [9.17, 15) is 10.4 Å². The minimum atomic E-state index is -0.860. The van der Waals surface area contributed by atoms with Gasteiger partial charge in [0, 0.05) is 13.2 Å². The van der Waals surface area contributed by atoms with Crippen LogP contribution in [0.4, 0.5) is 0 Å². The molecule has 0 saturated carbocycles. The van der Waals surface area contributed by atoms with E-state index >= 15 is 0 Å². The maximum atomic E-state index is 10.1. The standard InChI is InChI=1S/C11H13NO3/c12-8-11(3-6-14-7-4-11)10(13)9-2-1-5-15-9/h1-2,5,10,13H,3-4,6-7H2. The molecule has 1 aromatic rings. The molecule has 1 N–H and O–H groups in total. The second-order valence-corrected chi connectivity index (χ2v) is 3.80. The molecule has 2 heterocycles. The van der Waals surface area contributed by atoms with E-state index in [4.69, 9.17) is 9.15 Å². The summed E-state index contributed by atoms with van der Waals surface area (Å²) < 4.78 is 10.3. The predicted octanol–water partition coefficient (Wildman–Crippen LogP) is 1.63. The Labute approximate surface area is 88.1 Å². The molecule has 2 rings (SSSR count). The molecule has 15 heavy (non-hydrogen) atoms. The van der Waals surface area contributed by atoms with Crippen LogP contribution < -0.4 is 0 Å². The Bertz CT molecular complexity index is 346. The smallest absolute Gasteiger partial charge is 0.133 e. The van der Waals surface area contributed by atoms with Crippen molar-refractivity contribution in [2.24, 2.45) is 5.41 Å². The van der Waals surface area contributed by atoms with Gasteiger partial charge >= 0.3 is 0 Å². The lowest BCUT2D eigenvalue weighted by Gasteiger charge is -2.33. The van der Waals surface area contributed by atoms with Gasteiger partial charge in [-0.3, -0.25) is 0 Å². The van der Waals surface area contributed by atoms with Crippen LogP contribution in [-0.4, -0.2) is 18.3 Å². The molecule has 0 amide bonds. The van der Waals surface area contributed by atoms with Crippen LogP contribution in [-0.2, 0) is 4.74 Å². The summed E-state index contributed by atoms with van der Waals surface area (Å²) in [6.45, 7) is 1.04. The fourth-order valence-electron chi connectivity index (χ4n) is 1.90. The summed E-state index contributed by atoms with van der Waals surface area (Å²) in [5.74, 6) is 0.457. The van der Waals surface area contributed by atoms with Crippen LogP contribution in [0, 0.1) is 16.7 Å². The molecular weight excluding hydrogens is 194 g/mol. The summed E-state index contributed by atoms with van der Waals surface area (Å²) in [5.41, 5.74) is -0.754. The molecule has 1 aliphatic rings. The number of nitrogens with zero attached hydrogens (tertiary/aromatic N) is 1. The van der Waals surface area contributed by atoms with Gasteiger partial charge in [-0.25, -0.2) is 0 Å². The molecule has 0 aromatic carbocycles. The monoisotopic (exact) mass is 207 g/mol. The average Bonchev–Trinajstić information content (AvgIpc) is 2.82. The molecule has 1 aromatic heterocycles. The first-order valence-electron chi connectivity index (χ1n) is 4.99. The molecule has 1 saturated heterocycles. The summed E-state index contributed by atoms with van der Waals surface area (Å²) in [6.07, 6.45) is 1.74. The van der Waals surface area contributed by atoms with Gasteiger partial charge < -0.3 is 14.3 Å². The Hall–Kier alpha value is -1.31. The Morgan fingerprint density at radius 1 is 1.47 bits per heavy atom. The van der Waals surface area contributed by atoms with Crippen molar-refractivity contribution in [2.45, 2.75) is 18.9 Å². The molecule has 4 heteroatoms. The number of furan rings is 1. The molecule has 0 bridgehead atoms. The van der Waals surface area contributed by atoms with Gasteiger partial charge in [0.05, 0.1) is 17.7 Å². The first-order valence-corrected chi connectivity index (χ1v) is 4.99. The van der Waals surface area contributed by atoms with E-state index in [1.165, 1.54) is 6.26 Å². The van der Waals surface area contributed by atoms with Gasteiger partial charge in [0.15, 0.2) is 0 Å². The third kappa shape index (κ3) is 1.76. The van der Waals surface area contributed by atoms with E-state index in [1.54, 1.807) is 12.1 Å². The predicted molar refractivity (Wildman–Crippen MR) is 51.8 cm³/mol. The largest absolute Gasteiger partial charge is 0.467 e. The van der Waals surface area contributed by atoms with Crippen molar-refractivity contribution in [3.05, 3.63) is 24.2 Å². The zero-order valence-electron chi connectivity index (χ0n) is 8.35. The average molecular weight is 207 g/mol. The lowest BCUT2D eigenvalue weighted by molar-refractivity contribution is -0.0391. The van der Waals surface area contributed by atoms with Crippen LogP contribution in [0.1, 0.15) is 24.7 Å². The van der Waals surface area contributed by atoms with Crippen molar-refractivity contribution in [3.63, 3.8) is 0 Å². The lowest BCUT2D eigenvalue weighted by atomic mass is 9.76. The van der Waals surface area contributed by atoms with Crippen LogP contribution in [0.2, 0.25) is 0 Å². The Balaban J connectivity index is 2.23. The SMILES string of the molecule is N#CC1(C(O)c2ccco2)CCOCC1. The van der Waals surface area contributed by atoms with E-state index in [0.717, 1.165) is 0 Å². The van der Waals surface area contributed by atoms with Gasteiger partial charge in [-0.15, -0.1) is 0 Å². The molecule has 0 aliphatic carbocycles. The molecule has 1 atom stereocenters. The minimum absolute atomic E-state index is 0.457. The Morgan fingerprint density at radius 2 is 2.20 bits per heavy atom. The molecular formula is C11H13NO3. The highest BCUT2D eigenvalue weighted by atomic mass is 16.5. The Kier molecular flexibility index (Phi) is 2.76. The van der Waals surface area contributed by atoms with Gasteiger partial charge in [-0.05, 0) is 25.0 Å². The van der Waals surface area contributed by atoms with Crippen molar-refractivity contribution in [1.29, 1.82) is 5.26 Å². The molecule has 1 aliphatic heterocycles. The maximum Gasteiger partial charge on any atom is 0.133 e. The van der Waals surface area contributed by atoms with Gasteiger partial charge in [-0.2, -0.15) is 5.26 Å². The van der Waals surface area contributed by atoms with Crippen LogP contribution in [0.15, 0.2) is 22.8 Å². The number of hydrogen-bond acceptors (Lipinski definition) is 4. The molecule has 80 valence electrons. The highest BCUT2D eigenvalue weighted by molar-refractivity contribution is 5.14. The second kappa shape index (κ2) is 4.05. The summed E-state index contributed by atoms with van der Waals surface area (Å²) in [6, 6.07) is 5.62. The van der Waals surface area contributed by atoms with Crippen LogP contribution in [0.5, 0.6) is 0 Å². The normalized spacial score (nSPS) is 21.9. The highest BCUT2D eigenvalue weighted by Gasteiger charge is 2.42. The highest BCUT2D eigenvalue weighted by Crippen LogP contribution is 2.41. The van der Waals surface area contributed by atoms with Crippen LogP contribution in [0.3, 0.4) is 0 Å². The van der Waals surface area contributed by atoms with E-state index in [-0.39, 0.29) is 0 Å². The fourth-order valence-corrected chi connectivity index (χ4v) is 1.90. The minimum Gasteiger partial charge on any atom is -0.467 e. The van der Waals surface area contributed by atoms with Crippen molar-refractivity contribution in [1.82, 2.24) is 0 Å². The van der Waals surface area contributed by atoms with E-state index in [2.05, 4.69) is 6.07 Å². The number of ether oxygens (including phenoxy) is 1. The topological polar surface area (TPSA) is 66.4 Å². The van der Waals surface area contributed by atoms with E-state index in [1.807, 2.05) is 0 Å². The number of hydrogen-bond donors (Lipinski definition) is 1. The van der Waals surface area contributed by atoms with Crippen LogP contribution in [0.25, 0.3) is 0 Å². The molecule has 1 fully saturated rings. The van der Waals surface area contributed by atoms with Gasteiger partial charge in [-0.1, -0.05) is 0 Å². The van der Waals surface area contributed by atoms with Crippen molar-refractivity contribution in [3.8, 4) is 6.07 Å². The summed E-state index contributed by atoms with van der Waals surface area (Å²) >= 11 is 0. The van der Waals surface area contributed by atoms with Gasteiger partial charge in [0.25, 0.3) is 0 Å². The zero-order valence-corrected chi connectivity index (χ0v) is 8.35. The number of aliphatic hydroxyl groups excluding tert-OH is 1. The van der Waals surface area contributed by atoms with Crippen molar-refractivity contribution < 1.29 is 14.3 Å². The molecule has 0 radical (unpaired) electrons. The first kappa shape index (κ1) is 10.2. The van der Waals surface area contributed by atoms with E-state index in [0.29, 0.717) is 31.8 Å².